The Balaban J connectivity index is 2.21. The van der Waals surface area contributed by atoms with E-state index in [1.54, 1.807) is 0 Å². The number of fused-ring (bicyclic) bond motifs is 1. The minimum atomic E-state index is -0.203. The molecule has 0 aromatic rings. The van der Waals surface area contributed by atoms with Crippen LogP contribution in [-0.4, -0.2) is 28.8 Å². The van der Waals surface area contributed by atoms with Gasteiger partial charge in [0.25, 0.3) is 0 Å². The predicted molar refractivity (Wildman–Crippen MR) is 66.3 cm³/mol. The van der Waals surface area contributed by atoms with E-state index in [1.807, 2.05) is 20.8 Å². The van der Waals surface area contributed by atoms with Crippen LogP contribution in [0, 0.1) is 17.3 Å². The first kappa shape index (κ1) is 12.1. The van der Waals surface area contributed by atoms with Crippen LogP contribution in [0.4, 0.5) is 0 Å². The van der Waals surface area contributed by atoms with Crippen molar-refractivity contribution in [1.29, 1.82) is 0 Å². The number of likely N-dealkylation sites (tertiary alicyclic amines) is 1. The van der Waals surface area contributed by atoms with Gasteiger partial charge < -0.3 is 0 Å². The van der Waals surface area contributed by atoms with Crippen LogP contribution < -0.4 is 0 Å². The summed E-state index contributed by atoms with van der Waals surface area (Å²) in [6.45, 7) is 13.9. The van der Waals surface area contributed by atoms with Crippen molar-refractivity contribution in [3.8, 4) is 0 Å². The molecular formula is C14H25NO. The summed E-state index contributed by atoms with van der Waals surface area (Å²) in [4.78, 5) is 14.9. The second kappa shape index (κ2) is 3.32. The molecule has 1 unspecified atom stereocenters. The van der Waals surface area contributed by atoms with Crippen LogP contribution in [0.25, 0.3) is 0 Å². The minimum absolute atomic E-state index is 0.124. The lowest BCUT2D eigenvalue weighted by Gasteiger charge is -2.40. The molecule has 1 aliphatic carbocycles. The SMILES string of the molecule is CC(C)(C)C(=O)[C@@H]1C2C[C@H]2CN1C(C)(C)C. The fraction of sp³-hybridized carbons (Fsp3) is 0.929. The van der Waals surface area contributed by atoms with Crippen LogP contribution in [0.3, 0.4) is 0 Å². The summed E-state index contributed by atoms with van der Waals surface area (Å²) in [6.07, 6.45) is 1.28. The maximum absolute atomic E-state index is 12.5. The van der Waals surface area contributed by atoms with E-state index in [-0.39, 0.29) is 17.0 Å². The largest absolute Gasteiger partial charge is 0.297 e. The van der Waals surface area contributed by atoms with Gasteiger partial charge in [-0.15, -0.1) is 0 Å². The third kappa shape index (κ3) is 1.92. The predicted octanol–water partition coefficient (Wildman–Crippen LogP) is 2.72. The van der Waals surface area contributed by atoms with Crippen molar-refractivity contribution in [3.63, 3.8) is 0 Å². The summed E-state index contributed by atoms with van der Waals surface area (Å²) in [5.41, 5.74) is -0.0787. The van der Waals surface area contributed by atoms with Gasteiger partial charge in [0, 0.05) is 17.5 Å². The van der Waals surface area contributed by atoms with Crippen molar-refractivity contribution in [2.45, 2.75) is 59.5 Å². The zero-order valence-corrected chi connectivity index (χ0v) is 11.5. The standard InChI is InChI=1S/C14H25NO/c1-13(2,3)12(16)11-10-7-9(10)8-15(11)14(4,5)6/h9-11H,7-8H2,1-6H3/t9-,10?,11-/m0/s1. The van der Waals surface area contributed by atoms with Crippen molar-refractivity contribution in [1.82, 2.24) is 4.90 Å². The van der Waals surface area contributed by atoms with Crippen molar-refractivity contribution in [3.05, 3.63) is 0 Å². The van der Waals surface area contributed by atoms with Gasteiger partial charge in [-0.05, 0) is 39.0 Å². The normalized spacial score (nSPS) is 35.0. The average molecular weight is 223 g/mol. The molecule has 1 aliphatic heterocycles. The molecule has 2 fully saturated rings. The maximum Gasteiger partial charge on any atom is 0.155 e. The first-order valence-electron chi connectivity index (χ1n) is 6.43. The number of carbonyl (C=O) groups is 1. The van der Waals surface area contributed by atoms with Gasteiger partial charge in [0.1, 0.15) is 0 Å². The van der Waals surface area contributed by atoms with Crippen LogP contribution in [0.1, 0.15) is 48.0 Å². The van der Waals surface area contributed by atoms with Crippen LogP contribution >= 0.6 is 0 Å². The molecule has 0 N–H and O–H groups in total. The van der Waals surface area contributed by atoms with Gasteiger partial charge in [-0.3, -0.25) is 9.69 Å². The highest BCUT2D eigenvalue weighted by atomic mass is 16.1. The molecule has 2 heteroatoms. The van der Waals surface area contributed by atoms with E-state index in [0.29, 0.717) is 11.7 Å². The quantitative estimate of drug-likeness (QED) is 0.681. The lowest BCUT2D eigenvalue weighted by Crippen LogP contribution is -2.52. The Morgan fingerprint density at radius 3 is 2.12 bits per heavy atom. The fourth-order valence-corrected chi connectivity index (χ4v) is 2.94. The Labute approximate surface area is 99.4 Å². The lowest BCUT2D eigenvalue weighted by atomic mass is 9.83. The summed E-state index contributed by atoms with van der Waals surface area (Å²) in [7, 11) is 0. The van der Waals surface area contributed by atoms with Crippen LogP contribution in [0.2, 0.25) is 0 Å². The van der Waals surface area contributed by atoms with Crippen LogP contribution in [-0.2, 0) is 4.79 Å². The Morgan fingerprint density at radius 2 is 1.69 bits per heavy atom. The van der Waals surface area contributed by atoms with E-state index in [2.05, 4.69) is 25.7 Å². The highest BCUT2D eigenvalue weighted by Crippen LogP contribution is 2.52. The number of ketones is 1. The first-order valence-corrected chi connectivity index (χ1v) is 6.43. The van der Waals surface area contributed by atoms with E-state index in [9.17, 15) is 4.79 Å². The number of rotatable bonds is 1. The minimum Gasteiger partial charge on any atom is -0.297 e. The molecule has 0 bridgehead atoms. The number of piperidine rings is 1. The van der Waals surface area contributed by atoms with E-state index in [1.165, 1.54) is 6.42 Å². The van der Waals surface area contributed by atoms with Gasteiger partial charge in [0.15, 0.2) is 5.78 Å². The summed E-state index contributed by atoms with van der Waals surface area (Å²) < 4.78 is 0. The van der Waals surface area contributed by atoms with E-state index < -0.39 is 0 Å². The van der Waals surface area contributed by atoms with Crippen molar-refractivity contribution in [2.24, 2.45) is 17.3 Å². The van der Waals surface area contributed by atoms with Gasteiger partial charge in [-0.1, -0.05) is 20.8 Å². The van der Waals surface area contributed by atoms with Gasteiger partial charge in [-0.25, -0.2) is 0 Å². The molecule has 1 saturated carbocycles. The molecule has 0 radical (unpaired) electrons. The lowest BCUT2D eigenvalue weighted by molar-refractivity contribution is -0.133. The highest BCUT2D eigenvalue weighted by Gasteiger charge is 2.58. The van der Waals surface area contributed by atoms with E-state index in [0.717, 1.165) is 12.5 Å². The molecule has 0 amide bonds. The molecule has 2 rings (SSSR count). The fourth-order valence-electron chi connectivity index (χ4n) is 2.94. The summed E-state index contributed by atoms with van der Waals surface area (Å²) in [5, 5.41) is 0. The molecule has 0 spiro atoms. The van der Waals surface area contributed by atoms with Crippen LogP contribution in [0.15, 0.2) is 0 Å². The molecule has 1 saturated heterocycles. The number of carbonyl (C=O) groups excluding carboxylic acids is 1. The number of hydrogen-bond acceptors (Lipinski definition) is 2. The molecule has 92 valence electrons. The Kier molecular flexibility index (Phi) is 2.51. The van der Waals surface area contributed by atoms with Gasteiger partial charge in [-0.2, -0.15) is 0 Å². The Morgan fingerprint density at radius 1 is 1.12 bits per heavy atom. The number of Topliss-reactive ketones (excluding diaryl/α,β-unsaturated/α-hetero) is 1. The number of nitrogens with zero attached hydrogens (tertiary/aromatic N) is 1. The second-order valence-corrected chi connectivity index (χ2v) is 7.54. The topological polar surface area (TPSA) is 20.3 Å². The van der Waals surface area contributed by atoms with Gasteiger partial charge >= 0.3 is 0 Å². The van der Waals surface area contributed by atoms with Gasteiger partial charge in [0.2, 0.25) is 0 Å². The van der Waals surface area contributed by atoms with E-state index in [4.69, 9.17) is 0 Å². The van der Waals surface area contributed by atoms with Gasteiger partial charge in [0.05, 0.1) is 6.04 Å². The molecule has 0 aromatic carbocycles. The summed E-state index contributed by atoms with van der Waals surface area (Å²) in [5.74, 6) is 1.90. The highest BCUT2D eigenvalue weighted by molar-refractivity contribution is 5.90. The van der Waals surface area contributed by atoms with E-state index >= 15 is 0 Å². The summed E-state index contributed by atoms with van der Waals surface area (Å²) >= 11 is 0. The molecule has 16 heavy (non-hydrogen) atoms. The zero-order chi connectivity index (χ0) is 12.3. The Hall–Kier alpha value is -0.370. The third-order valence-corrected chi connectivity index (χ3v) is 4.02. The molecule has 0 aromatic heterocycles. The molecule has 3 atom stereocenters. The van der Waals surface area contributed by atoms with Crippen molar-refractivity contribution < 1.29 is 4.79 Å². The monoisotopic (exact) mass is 223 g/mol. The molecule has 2 nitrogen and oxygen atoms in total. The second-order valence-electron chi connectivity index (χ2n) is 7.54. The first-order chi connectivity index (χ1) is 7.12. The number of hydrogen-bond donors (Lipinski definition) is 0. The molecule has 1 heterocycles. The van der Waals surface area contributed by atoms with Crippen molar-refractivity contribution >= 4 is 5.78 Å². The average Bonchev–Trinajstić information content (AvgIpc) is 2.73. The zero-order valence-electron chi connectivity index (χ0n) is 11.5. The third-order valence-electron chi connectivity index (χ3n) is 4.02. The Bertz CT molecular complexity index is 308. The summed E-state index contributed by atoms with van der Waals surface area (Å²) in [6, 6.07) is 0.185. The molecular weight excluding hydrogens is 198 g/mol. The molecule has 2 aliphatic rings. The van der Waals surface area contributed by atoms with Crippen LogP contribution in [0.5, 0.6) is 0 Å². The smallest absolute Gasteiger partial charge is 0.155 e. The van der Waals surface area contributed by atoms with Crippen molar-refractivity contribution in [2.75, 3.05) is 6.54 Å². The maximum atomic E-state index is 12.5.